The van der Waals surface area contributed by atoms with Crippen LogP contribution in [0, 0.1) is 5.92 Å². The summed E-state index contributed by atoms with van der Waals surface area (Å²) in [6, 6.07) is 26.6. The minimum Gasteiger partial charge on any atom is -0.497 e. The zero-order valence-electron chi connectivity index (χ0n) is 29.6. The summed E-state index contributed by atoms with van der Waals surface area (Å²) >= 11 is 0. The van der Waals surface area contributed by atoms with Gasteiger partial charge >= 0.3 is 5.97 Å². The van der Waals surface area contributed by atoms with Crippen LogP contribution in [0.1, 0.15) is 48.3 Å². The van der Waals surface area contributed by atoms with Crippen molar-refractivity contribution in [3.8, 4) is 28.6 Å². The quantitative estimate of drug-likeness (QED) is 0.146. The number of oxazole rings is 1. The van der Waals surface area contributed by atoms with E-state index >= 15 is 0 Å². The molecule has 11 heteroatoms. The lowest BCUT2D eigenvalue weighted by molar-refractivity contribution is -0.148. The van der Waals surface area contributed by atoms with Gasteiger partial charge in [-0.05, 0) is 103 Å². The summed E-state index contributed by atoms with van der Waals surface area (Å²) in [6.45, 7) is 2.54. The first kappa shape index (κ1) is 33.6. The summed E-state index contributed by atoms with van der Waals surface area (Å²) in [4.78, 5) is 25.0. The average Bonchev–Trinajstić information content (AvgIpc) is 3.88. The third-order valence-corrected chi connectivity index (χ3v) is 10.4. The van der Waals surface area contributed by atoms with Gasteiger partial charge in [0.05, 0.1) is 45.5 Å². The molecule has 0 saturated heterocycles. The number of aliphatic hydroxyl groups excluding tert-OH is 1. The summed E-state index contributed by atoms with van der Waals surface area (Å²) in [5.41, 5.74) is 7.15. The van der Waals surface area contributed by atoms with Gasteiger partial charge < -0.3 is 37.9 Å². The number of hydrogen-bond acceptors (Lipinski definition) is 10. The van der Waals surface area contributed by atoms with Gasteiger partial charge in [-0.15, -0.1) is 0 Å². The maximum atomic E-state index is 12.7. The SMILES string of the molecule is COC(=O)[C@H]1C(c2cc3c4c(c2)nc(-c2ccc5oc(N(Cc6ccc(OC)cc6)Cc6ccc(OC)cc6)nc5c2)n4CCCCO3)CC[C@H]1O. The number of carbonyl (C=O) groups is 1. The van der Waals surface area contributed by atoms with Gasteiger partial charge in [-0.25, -0.2) is 4.98 Å². The van der Waals surface area contributed by atoms with E-state index in [4.69, 9.17) is 33.3 Å². The van der Waals surface area contributed by atoms with Gasteiger partial charge in [-0.1, -0.05) is 24.3 Å². The first-order chi connectivity index (χ1) is 25.4. The number of carbonyl (C=O) groups excluding carboxylic acids is 1. The highest BCUT2D eigenvalue weighted by Gasteiger charge is 2.42. The average molecular weight is 703 g/mol. The van der Waals surface area contributed by atoms with Crippen molar-refractivity contribution in [1.29, 1.82) is 0 Å². The number of nitrogens with zero attached hydrogens (tertiary/aromatic N) is 4. The molecule has 1 unspecified atom stereocenters. The number of benzene rings is 4. The smallest absolute Gasteiger partial charge is 0.311 e. The molecule has 2 aromatic heterocycles. The number of methoxy groups -OCH3 is 3. The van der Waals surface area contributed by atoms with E-state index in [-0.39, 0.29) is 5.92 Å². The Morgan fingerprint density at radius 1 is 0.865 bits per heavy atom. The fraction of sp³-hybridized carbons (Fsp3) is 0.341. The van der Waals surface area contributed by atoms with E-state index in [1.165, 1.54) is 7.11 Å². The van der Waals surface area contributed by atoms with Gasteiger partial charge in [-0.2, -0.15) is 4.98 Å². The summed E-state index contributed by atoms with van der Waals surface area (Å²) in [6.07, 6.45) is 2.32. The molecule has 0 amide bonds. The first-order valence-corrected chi connectivity index (χ1v) is 17.8. The van der Waals surface area contributed by atoms with Crippen molar-refractivity contribution in [3.05, 3.63) is 95.6 Å². The fourth-order valence-corrected chi connectivity index (χ4v) is 7.66. The number of aryl methyl sites for hydroxylation is 1. The van der Waals surface area contributed by atoms with Crippen molar-refractivity contribution in [2.45, 2.75) is 57.3 Å². The highest BCUT2D eigenvalue weighted by Crippen LogP contribution is 2.44. The lowest BCUT2D eigenvalue weighted by Crippen LogP contribution is -2.28. The summed E-state index contributed by atoms with van der Waals surface area (Å²) in [5.74, 6) is 1.96. The van der Waals surface area contributed by atoms with Gasteiger partial charge in [0.15, 0.2) is 5.58 Å². The molecule has 0 bridgehead atoms. The number of rotatable bonds is 10. The Labute approximate surface area is 301 Å². The Bertz CT molecular complexity index is 2160. The van der Waals surface area contributed by atoms with E-state index in [2.05, 4.69) is 9.47 Å². The second kappa shape index (κ2) is 14.2. The zero-order valence-corrected chi connectivity index (χ0v) is 29.6. The lowest BCUT2D eigenvalue weighted by atomic mass is 9.87. The molecule has 1 aliphatic carbocycles. The Morgan fingerprint density at radius 2 is 1.58 bits per heavy atom. The standard InChI is InChI=1S/C41H42N4O7/c1-48-29-11-6-25(7-12-29)23-44(24-26-8-13-30(49-2)14-9-26)41-43-32-20-27(10-17-35(32)52-41)39-42-33-21-28(31-15-16-34(46)37(31)40(47)50-3)22-36-38(33)45(39)18-4-5-19-51-36/h6-14,17,20-22,31,34,37,46H,4-5,15-16,18-19,23-24H2,1-3H3/t31?,34-,37+/m1/s1. The molecule has 4 aromatic carbocycles. The maximum absolute atomic E-state index is 12.7. The molecular weight excluding hydrogens is 660 g/mol. The third-order valence-electron chi connectivity index (χ3n) is 10.4. The molecule has 0 radical (unpaired) electrons. The molecule has 6 aromatic rings. The van der Waals surface area contributed by atoms with E-state index in [0.29, 0.717) is 44.1 Å². The minimum atomic E-state index is -0.744. The van der Waals surface area contributed by atoms with Gasteiger partial charge in [0, 0.05) is 25.2 Å². The minimum absolute atomic E-state index is 0.186. The Hall–Kier alpha value is -5.55. The largest absolute Gasteiger partial charge is 0.497 e. The number of esters is 1. The number of aromatic nitrogens is 3. The third kappa shape index (κ3) is 6.41. The maximum Gasteiger partial charge on any atom is 0.311 e. The van der Waals surface area contributed by atoms with Crippen LogP contribution in [-0.4, -0.2) is 59.7 Å². The van der Waals surface area contributed by atoms with Crippen molar-refractivity contribution in [3.63, 3.8) is 0 Å². The van der Waals surface area contributed by atoms with Gasteiger partial charge in [0.1, 0.15) is 34.1 Å². The van der Waals surface area contributed by atoms with Crippen LogP contribution >= 0.6 is 0 Å². The molecule has 1 fully saturated rings. The van der Waals surface area contributed by atoms with Crippen LogP contribution in [0.25, 0.3) is 33.5 Å². The summed E-state index contributed by atoms with van der Waals surface area (Å²) in [5, 5.41) is 10.7. The molecule has 8 rings (SSSR count). The molecule has 3 atom stereocenters. The number of imidazole rings is 1. The molecule has 0 spiro atoms. The van der Waals surface area contributed by atoms with E-state index in [9.17, 15) is 9.90 Å². The lowest BCUT2D eigenvalue weighted by Gasteiger charge is -2.22. The normalized spacial score (nSPS) is 18.5. The molecule has 1 aliphatic heterocycles. The van der Waals surface area contributed by atoms with Crippen LogP contribution < -0.4 is 19.1 Å². The van der Waals surface area contributed by atoms with Gasteiger partial charge in [0.2, 0.25) is 0 Å². The second-order valence-corrected chi connectivity index (χ2v) is 13.6. The highest BCUT2D eigenvalue weighted by molar-refractivity contribution is 5.89. The van der Waals surface area contributed by atoms with E-state index in [1.54, 1.807) is 14.2 Å². The van der Waals surface area contributed by atoms with Crippen molar-refractivity contribution < 1.29 is 33.3 Å². The van der Waals surface area contributed by atoms with Crippen molar-refractivity contribution >= 4 is 34.1 Å². The number of anilines is 1. The van der Waals surface area contributed by atoms with E-state index in [1.807, 2.05) is 78.9 Å². The Balaban J connectivity index is 1.16. The van der Waals surface area contributed by atoms with Crippen LogP contribution in [0.4, 0.5) is 6.01 Å². The highest BCUT2D eigenvalue weighted by atomic mass is 16.5. The van der Waals surface area contributed by atoms with Crippen LogP contribution in [-0.2, 0) is 29.2 Å². The number of hydrogen-bond donors (Lipinski definition) is 1. The predicted molar refractivity (Wildman–Crippen MR) is 197 cm³/mol. The summed E-state index contributed by atoms with van der Waals surface area (Å²) in [7, 11) is 4.70. The molecule has 1 N–H and O–H groups in total. The van der Waals surface area contributed by atoms with Crippen LogP contribution in [0.15, 0.2) is 83.3 Å². The number of fused-ring (bicyclic) bond motifs is 1. The van der Waals surface area contributed by atoms with E-state index < -0.39 is 18.0 Å². The van der Waals surface area contributed by atoms with Crippen molar-refractivity contribution in [1.82, 2.24) is 14.5 Å². The second-order valence-electron chi connectivity index (χ2n) is 13.6. The van der Waals surface area contributed by atoms with Gasteiger partial charge in [0.25, 0.3) is 6.01 Å². The predicted octanol–water partition coefficient (Wildman–Crippen LogP) is 7.27. The topological polar surface area (TPSA) is 121 Å². The first-order valence-electron chi connectivity index (χ1n) is 17.8. The molecule has 52 heavy (non-hydrogen) atoms. The van der Waals surface area contributed by atoms with Crippen LogP contribution in [0.5, 0.6) is 17.2 Å². The van der Waals surface area contributed by atoms with Gasteiger partial charge in [-0.3, -0.25) is 4.79 Å². The fourth-order valence-electron chi connectivity index (χ4n) is 7.66. The molecule has 268 valence electrons. The Kier molecular flexibility index (Phi) is 9.19. The zero-order chi connectivity index (χ0) is 35.8. The molecular formula is C41H42N4O7. The number of aliphatic hydroxyl groups is 1. The molecule has 11 nitrogen and oxygen atoms in total. The molecule has 3 heterocycles. The summed E-state index contributed by atoms with van der Waals surface area (Å²) < 4.78 is 30.8. The molecule has 1 saturated carbocycles. The van der Waals surface area contributed by atoms with Crippen LogP contribution in [0.2, 0.25) is 0 Å². The van der Waals surface area contributed by atoms with E-state index in [0.717, 1.165) is 81.3 Å². The van der Waals surface area contributed by atoms with Crippen molar-refractivity contribution in [2.24, 2.45) is 5.92 Å². The monoisotopic (exact) mass is 702 g/mol. The van der Waals surface area contributed by atoms with Crippen LogP contribution in [0.3, 0.4) is 0 Å². The van der Waals surface area contributed by atoms with Crippen molar-refractivity contribution in [2.75, 3.05) is 32.8 Å². The molecule has 2 aliphatic rings. The number of ether oxygens (including phenoxy) is 4. The Morgan fingerprint density at radius 3 is 2.25 bits per heavy atom.